The first-order valence-corrected chi connectivity index (χ1v) is 8.80. The molecule has 9 heteroatoms. The van der Waals surface area contributed by atoms with Crippen molar-refractivity contribution in [3.05, 3.63) is 69.4 Å². The minimum Gasteiger partial charge on any atom is -0.484 e. The van der Waals surface area contributed by atoms with Crippen LogP contribution in [0.25, 0.3) is 10.9 Å². The number of benzene rings is 2. The van der Waals surface area contributed by atoms with E-state index in [9.17, 15) is 19.2 Å². The smallest absolute Gasteiger partial charge is 0.329 e. The molecule has 0 bridgehead atoms. The monoisotopic (exact) mass is 396 g/mol. The van der Waals surface area contributed by atoms with Crippen LogP contribution >= 0.6 is 0 Å². The summed E-state index contributed by atoms with van der Waals surface area (Å²) in [6.45, 7) is -0.341. The highest BCUT2D eigenvalue weighted by atomic mass is 16.5. The largest absolute Gasteiger partial charge is 0.484 e. The Hall–Kier alpha value is -3.88. The van der Waals surface area contributed by atoms with Gasteiger partial charge in [-0.25, -0.2) is 4.79 Å². The summed E-state index contributed by atoms with van der Waals surface area (Å²) in [5, 5.41) is 3.01. The number of nitrogens with zero attached hydrogens (tertiary/aromatic N) is 2. The molecule has 0 saturated heterocycles. The molecule has 0 unspecified atom stereocenters. The number of amides is 2. The van der Waals surface area contributed by atoms with E-state index in [4.69, 9.17) is 4.74 Å². The standard InChI is InChI=1S/C20H20N4O5/c1-23(2)18(26)12-29-14-9-7-13(8-10-14)21-17(25)11-24-16-6-4-3-5-15(16)19(27)22-20(24)28/h3-10H,11-12H2,1-2H3,(H,21,25)(H,22,27,28). The lowest BCUT2D eigenvalue weighted by Gasteiger charge is -2.12. The average molecular weight is 396 g/mol. The number of carbonyl (C=O) groups is 2. The lowest BCUT2D eigenvalue weighted by atomic mass is 10.2. The van der Waals surface area contributed by atoms with E-state index in [1.54, 1.807) is 62.6 Å². The molecule has 0 spiro atoms. The Labute approximate surface area is 165 Å². The third-order valence-corrected chi connectivity index (χ3v) is 4.21. The first-order valence-electron chi connectivity index (χ1n) is 8.80. The summed E-state index contributed by atoms with van der Waals surface area (Å²) < 4.78 is 6.58. The topological polar surface area (TPSA) is 114 Å². The third kappa shape index (κ3) is 4.70. The molecule has 0 aliphatic heterocycles. The maximum absolute atomic E-state index is 12.4. The van der Waals surface area contributed by atoms with Gasteiger partial charge in [0.05, 0.1) is 10.9 Å². The molecule has 2 amide bonds. The Morgan fingerprint density at radius 3 is 2.45 bits per heavy atom. The van der Waals surface area contributed by atoms with Crippen molar-refractivity contribution in [3.8, 4) is 5.75 Å². The molecular formula is C20H20N4O5. The number of likely N-dealkylation sites (N-methyl/N-ethyl adjacent to an activating group) is 1. The molecule has 29 heavy (non-hydrogen) atoms. The maximum atomic E-state index is 12.4. The molecule has 2 aromatic carbocycles. The Bertz CT molecular complexity index is 1160. The molecule has 0 aliphatic carbocycles. The van der Waals surface area contributed by atoms with Crippen LogP contribution in [-0.4, -0.2) is 47.0 Å². The minimum absolute atomic E-state index is 0.0824. The summed E-state index contributed by atoms with van der Waals surface area (Å²) in [4.78, 5) is 51.6. The van der Waals surface area contributed by atoms with Crippen molar-refractivity contribution < 1.29 is 14.3 Å². The number of anilines is 1. The molecule has 3 aromatic rings. The van der Waals surface area contributed by atoms with Crippen molar-refractivity contribution in [3.63, 3.8) is 0 Å². The predicted octanol–water partition coefficient (Wildman–Crippen LogP) is 0.795. The highest BCUT2D eigenvalue weighted by molar-refractivity contribution is 5.91. The highest BCUT2D eigenvalue weighted by Gasteiger charge is 2.11. The van der Waals surface area contributed by atoms with Crippen LogP contribution < -0.4 is 21.3 Å². The average Bonchev–Trinajstić information content (AvgIpc) is 2.70. The van der Waals surface area contributed by atoms with Crippen molar-refractivity contribution in [2.24, 2.45) is 0 Å². The fraction of sp³-hybridized carbons (Fsp3) is 0.200. The minimum atomic E-state index is -0.654. The normalized spacial score (nSPS) is 10.6. The van der Waals surface area contributed by atoms with Crippen molar-refractivity contribution in [1.82, 2.24) is 14.5 Å². The van der Waals surface area contributed by atoms with Crippen LogP contribution in [0.5, 0.6) is 5.75 Å². The summed E-state index contributed by atoms with van der Waals surface area (Å²) in [6.07, 6.45) is 0. The Morgan fingerprint density at radius 1 is 1.07 bits per heavy atom. The fourth-order valence-electron chi connectivity index (χ4n) is 2.65. The highest BCUT2D eigenvalue weighted by Crippen LogP contribution is 2.16. The number of ether oxygens (including phenoxy) is 1. The van der Waals surface area contributed by atoms with Gasteiger partial charge in [0, 0.05) is 19.8 Å². The van der Waals surface area contributed by atoms with E-state index < -0.39 is 17.2 Å². The van der Waals surface area contributed by atoms with Crippen LogP contribution in [0.1, 0.15) is 0 Å². The molecular weight excluding hydrogens is 376 g/mol. The fourth-order valence-corrected chi connectivity index (χ4v) is 2.65. The van der Waals surface area contributed by atoms with Crippen LogP contribution in [-0.2, 0) is 16.1 Å². The van der Waals surface area contributed by atoms with Crippen molar-refractivity contribution in [2.45, 2.75) is 6.54 Å². The number of H-pyrrole nitrogens is 1. The molecule has 3 rings (SSSR count). The quantitative estimate of drug-likeness (QED) is 0.640. The molecule has 0 fully saturated rings. The zero-order valence-electron chi connectivity index (χ0n) is 16.0. The third-order valence-electron chi connectivity index (χ3n) is 4.21. The molecule has 0 aliphatic rings. The number of carbonyl (C=O) groups excluding carboxylic acids is 2. The summed E-state index contributed by atoms with van der Waals surface area (Å²) in [7, 11) is 3.28. The number of aromatic amines is 1. The molecule has 9 nitrogen and oxygen atoms in total. The van der Waals surface area contributed by atoms with Crippen LogP contribution in [0.3, 0.4) is 0 Å². The van der Waals surface area contributed by atoms with Gasteiger partial charge in [-0.3, -0.25) is 23.9 Å². The Balaban J connectivity index is 1.69. The van der Waals surface area contributed by atoms with E-state index in [2.05, 4.69) is 10.3 Å². The molecule has 150 valence electrons. The van der Waals surface area contributed by atoms with Crippen LogP contribution in [0.2, 0.25) is 0 Å². The summed E-state index contributed by atoms with van der Waals surface area (Å²) in [6, 6.07) is 13.1. The van der Waals surface area contributed by atoms with Gasteiger partial charge < -0.3 is 15.0 Å². The number of fused-ring (bicyclic) bond motifs is 1. The van der Waals surface area contributed by atoms with Gasteiger partial charge in [0.1, 0.15) is 12.3 Å². The maximum Gasteiger partial charge on any atom is 0.329 e. The molecule has 1 aromatic heterocycles. The summed E-state index contributed by atoms with van der Waals surface area (Å²) in [5.41, 5.74) is -0.266. The molecule has 0 atom stereocenters. The predicted molar refractivity (Wildman–Crippen MR) is 108 cm³/mol. The van der Waals surface area contributed by atoms with Crippen molar-refractivity contribution in [2.75, 3.05) is 26.0 Å². The number of nitrogens with one attached hydrogen (secondary N) is 2. The van der Waals surface area contributed by atoms with Crippen molar-refractivity contribution in [1.29, 1.82) is 0 Å². The molecule has 2 N–H and O–H groups in total. The van der Waals surface area contributed by atoms with E-state index in [0.717, 1.165) is 0 Å². The Morgan fingerprint density at radius 2 is 1.76 bits per heavy atom. The molecule has 0 saturated carbocycles. The Kier molecular flexibility index (Phi) is 5.77. The van der Waals surface area contributed by atoms with Gasteiger partial charge in [-0.2, -0.15) is 0 Å². The van der Waals surface area contributed by atoms with E-state index >= 15 is 0 Å². The number of rotatable bonds is 6. The number of hydrogen-bond acceptors (Lipinski definition) is 5. The van der Waals surface area contributed by atoms with Gasteiger partial charge in [-0.1, -0.05) is 12.1 Å². The van der Waals surface area contributed by atoms with Gasteiger partial charge in [0.2, 0.25) is 5.91 Å². The van der Waals surface area contributed by atoms with Gasteiger partial charge >= 0.3 is 5.69 Å². The second-order valence-electron chi connectivity index (χ2n) is 6.51. The van der Waals surface area contributed by atoms with Gasteiger partial charge in [0.15, 0.2) is 6.61 Å². The van der Waals surface area contributed by atoms with E-state index in [-0.39, 0.29) is 19.1 Å². The van der Waals surface area contributed by atoms with E-state index in [0.29, 0.717) is 22.3 Å². The van der Waals surface area contributed by atoms with Gasteiger partial charge in [0.25, 0.3) is 11.5 Å². The lowest BCUT2D eigenvalue weighted by molar-refractivity contribution is -0.130. The lowest BCUT2D eigenvalue weighted by Crippen LogP contribution is -2.34. The SMILES string of the molecule is CN(C)C(=O)COc1ccc(NC(=O)Cn2c(=O)[nH]c(=O)c3ccccc32)cc1. The zero-order chi connectivity index (χ0) is 21.0. The van der Waals surface area contributed by atoms with Crippen LogP contribution in [0.15, 0.2) is 58.1 Å². The molecule has 0 radical (unpaired) electrons. The summed E-state index contributed by atoms with van der Waals surface area (Å²) in [5.74, 6) is -0.109. The van der Waals surface area contributed by atoms with Crippen molar-refractivity contribution >= 4 is 28.4 Å². The van der Waals surface area contributed by atoms with E-state index in [1.165, 1.54) is 9.47 Å². The second kappa shape index (κ2) is 8.42. The zero-order valence-corrected chi connectivity index (χ0v) is 16.0. The number of para-hydroxylation sites is 1. The summed E-state index contributed by atoms with van der Waals surface area (Å²) >= 11 is 0. The van der Waals surface area contributed by atoms with Gasteiger partial charge in [-0.15, -0.1) is 0 Å². The number of aromatic nitrogens is 2. The van der Waals surface area contributed by atoms with Crippen LogP contribution in [0, 0.1) is 0 Å². The van der Waals surface area contributed by atoms with Gasteiger partial charge in [-0.05, 0) is 36.4 Å². The number of hydrogen-bond donors (Lipinski definition) is 2. The molecule has 1 heterocycles. The first kappa shape index (κ1) is 19.9. The second-order valence-corrected chi connectivity index (χ2v) is 6.51. The van der Waals surface area contributed by atoms with E-state index in [1.807, 2.05) is 0 Å². The first-order chi connectivity index (χ1) is 13.8. The van der Waals surface area contributed by atoms with Crippen LogP contribution in [0.4, 0.5) is 5.69 Å².